The van der Waals surface area contributed by atoms with Crippen LogP contribution in [0.4, 0.5) is 0 Å². The number of carbonyl (C=O) groups excluding carboxylic acids is 2. The monoisotopic (exact) mass is 316 g/mol. The van der Waals surface area contributed by atoms with Crippen LogP contribution < -0.4 is 10.1 Å². The highest BCUT2D eigenvalue weighted by Gasteiger charge is 2.39. The number of rotatable bonds is 3. The van der Waals surface area contributed by atoms with Gasteiger partial charge in [-0.25, -0.2) is 0 Å². The summed E-state index contributed by atoms with van der Waals surface area (Å²) in [6.45, 7) is 3.35. The number of hydrogen-bond donors (Lipinski definition) is 1. The molecule has 1 fully saturated rings. The van der Waals surface area contributed by atoms with Crippen molar-refractivity contribution in [3.05, 3.63) is 28.2 Å². The first-order chi connectivity index (χ1) is 9.29. The summed E-state index contributed by atoms with van der Waals surface area (Å²) in [5.41, 5.74) is -0.707. The Morgan fingerprint density at radius 1 is 1.45 bits per heavy atom. The number of nitrogens with zero attached hydrogens (tertiary/aromatic N) is 1. The third-order valence-corrected chi connectivity index (χ3v) is 3.50. The lowest BCUT2D eigenvalue weighted by Crippen LogP contribution is -2.50. The van der Waals surface area contributed by atoms with Gasteiger partial charge in [0, 0.05) is 5.02 Å². The van der Waals surface area contributed by atoms with E-state index in [9.17, 15) is 9.59 Å². The van der Waals surface area contributed by atoms with Gasteiger partial charge in [0.2, 0.25) is 5.91 Å². The van der Waals surface area contributed by atoms with E-state index in [1.165, 1.54) is 11.0 Å². The summed E-state index contributed by atoms with van der Waals surface area (Å²) in [6.07, 6.45) is 0. The predicted octanol–water partition coefficient (Wildman–Crippen LogP) is 2.07. The Balaban J connectivity index is 2.00. The molecule has 0 saturated carbocycles. The van der Waals surface area contributed by atoms with Gasteiger partial charge in [-0.3, -0.25) is 9.59 Å². The number of halogens is 2. The van der Waals surface area contributed by atoms with Crippen molar-refractivity contribution in [2.75, 3.05) is 13.2 Å². The fraction of sp³-hybridized carbons (Fsp3) is 0.385. The number of hydrogen-bond acceptors (Lipinski definition) is 3. The van der Waals surface area contributed by atoms with Crippen LogP contribution in [-0.2, 0) is 9.59 Å². The topological polar surface area (TPSA) is 58.6 Å². The first-order valence-corrected chi connectivity index (χ1v) is 6.74. The highest BCUT2D eigenvalue weighted by Crippen LogP contribution is 2.27. The number of nitrogens with one attached hydrogen (secondary N) is 1. The minimum atomic E-state index is -0.707. The highest BCUT2D eigenvalue weighted by molar-refractivity contribution is 6.35. The molecule has 0 atom stereocenters. The molecule has 0 unspecified atom stereocenters. The summed E-state index contributed by atoms with van der Waals surface area (Å²) in [5, 5.41) is 3.53. The lowest BCUT2D eigenvalue weighted by molar-refractivity contribution is -0.137. The van der Waals surface area contributed by atoms with Crippen LogP contribution in [-0.4, -0.2) is 35.5 Å². The van der Waals surface area contributed by atoms with Crippen molar-refractivity contribution >= 4 is 35.0 Å². The zero-order valence-electron chi connectivity index (χ0n) is 11.1. The number of carbonyl (C=O) groups is 2. The van der Waals surface area contributed by atoms with E-state index >= 15 is 0 Å². The van der Waals surface area contributed by atoms with Crippen LogP contribution in [0.1, 0.15) is 13.8 Å². The van der Waals surface area contributed by atoms with Crippen LogP contribution in [0.3, 0.4) is 0 Å². The third kappa shape index (κ3) is 3.16. The summed E-state index contributed by atoms with van der Waals surface area (Å²) < 4.78 is 5.37. The molecule has 0 aromatic heterocycles. The van der Waals surface area contributed by atoms with Crippen LogP contribution in [0.15, 0.2) is 18.2 Å². The molecule has 1 heterocycles. The van der Waals surface area contributed by atoms with Crippen molar-refractivity contribution in [3.63, 3.8) is 0 Å². The summed E-state index contributed by atoms with van der Waals surface area (Å²) in [4.78, 5) is 24.9. The summed E-state index contributed by atoms with van der Waals surface area (Å²) in [5.74, 6) is -0.104. The molecule has 0 aliphatic carbocycles. The van der Waals surface area contributed by atoms with E-state index in [2.05, 4.69) is 5.32 Å². The second-order valence-corrected chi connectivity index (χ2v) is 5.79. The van der Waals surface area contributed by atoms with E-state index < -0.39 is 5.66 Å². The fourth-order valence-corrected chi connectivity index (χ4v) is 2.46. The van der Waals surface area contributed by atoms with Gasteiger partial charge in [0.05, 0.1) is 5.02 Å². The molecule has 7 heteroatoms. The van der Waals surface area contributed by atoms with Crippen molar-refractivity contribution in [1.29, 1.82) is 0 Å². The lowest BCUT2D eigenvalue weighted by Gasteiger charge is -2.30. The number of ether oxygens (including phenoxy) is 1. The molecule has 1 aromatic rings. The van der Waals surface area contributed by atoms with Gasteiger partial charge in [-0.2, -0.15) is 0 Å². The van der Waals surface area contributed by atoms with Crippen molar-refractivity contribution < 1.29 is 14.3 Å². The molecule has 2 rings (SSSR count). The molecule has 2 amide bonds. The minimum absolute atomic E-state index is 0.0313. The third-order valence-electron chi connectivity index (χ3n) is 2.97. The molecule has 0 spiro atoms. The van der Waals surface area contributed by atoms with Crippen molar-refractivity contribution in [3.8, 4) is 5.75 Å². The Bertz CT molecular complexity index is 561. The van der Waals surface area contributed by atoms with E-state index in [-0.39, 0.29) is 25.0 Å². The Morgan fingerprint density at radius 3 is 2.70 bits per heavy atom. The van der Waals surface area contributed by atoms with Crippen LogP contribution in [0.5, 0.6) is 5.75 Å². The molecule has 1 N–H and O–H groups in total. The molecule has 1 aliphatic rings. The smallest absolute Gasteiger partial charge is 0.262 e. The molecule has 1 aromatic carbocycles. The van der Waals surface area contributed by atoms with Gasteiger partial charge in [-0.1, -0.05) is 23.2 Å². The summed E-state index contributed by atoms with van der Waals surface area (Å²) >= 11 is 11.7. The van der Waals surface area contributed by atoms with E-state index in [1.54, 1.807) is 26.0 Å². The van der Waals surface area contributed by atoms with Crippen LogP contribution in [0.25, 0.3) is 0 Å². The zero-order chi connectivity index (χ0) is 14.9. The summed E-state index contributed by atoms with van der Waals surface area (Å²) in [7, 11) is 0. The van der Waals surface area contributed by atoms with Gasteiger partial charge in [0.15, 0.2) is 6.61 Å². The molecule has 108 valence electrons. The van der Waals surface area contributed by atoms with Crippen LogP contribution >= 0.6 is 23.2 Å². The van der Waals surface area contributed by atoms with Crippen LogP contribution in [0.2, 0.25) is 10.0 Å². The second kappa shape index (κ2) is 5.50. The first kappa shape index (κ1) is 14.9. The predicted molar refractivity (Wildman–Crippen MR) is 75.9 cm³/mol. The second-order valence-electron chi connectivity index (χ2n) is 4.95. The molecule has 1 aliphatic heterocycles. The Kier molecular flexibility index (Phi) is 4.11. The molecular formula is C13H14Cl2N2O3. The maximum absolute atomic E-state index is 12.1. The first-order valence-electron chi connectivity index (χ1n) is 5.99. The van der Waals surface area contributed by atoms with Gasteiger partial charge in [-0.05, 0) is 32.0 Å². The maximum atomic E-state index is 12.1. The highest BCUT2D eigenvalue weighted by atomic mass is 35.5. The van der Waals surface area contributed by atoms with Gasteiger partial charge >= 0.3 is 0 Å². The number of amides is 2. The van der Waals surface area contributed by atoms with Crippen molar-refractivity contribution in [2.24, 2.45) is 0 Å². The Hall–Kier alpha value is -1.46. The van der Waals surface area contributed by atoms with E-state index in [0.29, 0.717) is 15.8 Å². The molecule has 20 heavy (non-hydrogen) atoms. The zero-order valence-corrected chi connectivity index (χ0v) is 12.6. The normalized spacial score (nSPS) is 17.0. The standard InChI is InChI=1S/C13H14Cl2N2O3/c1-13(2)16-11(18)6-17(13)12(19)7-20-10-4-3-8(14)5-9(10)15/h3-5H,6-7H2,1-2H3,(H,16,18). The molecule has 1 saturated heterocycles. The summed E-state index contributed by atoms with van der Waals surface area (Å²) in [6, 6.07) is 4.75. The molecule has 5 nitrogen and oxygen atoms in total. The quantitative estimate of drug-likeness (QED) is 0.928. The van der Waals surface area contributed by atoms with Gasteiger partial charge < -0.3 is 15.0 Å². The Morgan fingerprint density at radius 2 is 2.15 bits per heavy atom. The average molecular weight is 317 g/mol. The fourth-order valence-electron chi connectivity index (χ4n) is 2.00. The Labute approximate surface area is 126 Å². The maximum Gasteiger partial charge on any atom is 0.262 e. The SMILES string of the molecule is CC1(C)NC(=O)CN1C(=O)COc1ccc(Cl)cc1Cl. The average Bonchev–Trinajstić information content (AvgIpc) is 2.61. The lowest BCUT2D eigenvalue weighted by atomic mass is 10.2. The van der Waals surface area contributed by atoms with E-state index in [0.717, 1.165) is 0 Å². The van der Waals surface area contributed by atoms with Gasteiger partial charge in [0.1, 0.15) is 18.0 Å². The molecule has 0 bridgehead atoms. The minimum Gasteiger partial charge on any atom is -0.482 e. The van der Waals surface area contributed by atoms with E-state index in [1.807, 2.05) is 0 Å². The van der Waals surface area contributed by atoms with Crippen LogP contribution in [0, 0.1) is 0 Å². The number of benzene rings is 1. The largest absolute Gasteiger partial charge is 0.482 e. The van der Waals surface area contributed by atoms with Gasteiger partial charge in [-0.15, -0.1) is 0 Å². The van der Waals surface area contributed by atoms with Gasteiger partial charge in [0.25, 0.3) is 5.91 Å². The molecule has 0 radical (unpaired) electrons. The van der Waals surface area contributed by atoms with Crippen molar-refractivity contribution in [1.82, 2.24) is 10.2 Å². The van der Waals surface area contributed by atoms with E-state index in [4.69, 9.17) is 27.9 Å². The molecular weight excluding hydrogens is 303 g/mol. The van der Waals surface area contributed by atoms with Crippen molar-refractivity contribution in [2.45, 2.75) is 19.5 Å².